The van der Waals surface area contributed by atoms with E-state index in [0.717, 1.165) is 49.7 Å². The molecule has 2 heterocycles. The Labute approximate surface area is 142 Å². The molecule has 0 spiro atoms. The number of rotatable bonds is 6. The van der Waals surface area contributed by atoms with Gasteiger partial charge >= 0.3 is 0 Å². The lowest BCUT2D eigenvalue weighted by Crippen LogP contribution is -2.33. The maximum absolute atomic E-state index is 5.45. The second-order valence-electron chi connectivity index (χ2n) is 6.17. The maximum atomic E-state index is 5.45. The molecular formula is C18H25N3O3. The average Bonchev–Trinajstić information content (AvgIpc) is 3.08. The van der Waals surface area contributed by atoms with E-state index in [-0.39, 0.29) is 6.04 Å². The quantitative estimate of drug-likeness (QED) is 0.810. The van der Waals surface area contributed by atoms with Gasteiger partial charge in [-0.2, -0.15) is 4.98 Å². The molecule has 1 aromatic carbocycles. The molecule has 0 N–H and O–H groups in total. The van der Waals surface area contributed by atoms with Gasteiger partial charge in [-0.3, -0.25) is 4.90 Å². The van der Waals surface area contributed by atoms with Crippen molar-refractivity contribution in [1.82, 2.24) is 15.0 Å². The van der Waals surface area contributed by atoms with Crippen LogP contribution in [0.4, 0.5) is 0 Å². The Morgan fingerprint density at radius 1 is 1.21 bits per heavy atom. The van der Waals surface area contributed by atoms with E-state index in [2.05, 4.69) is 41.0 Å². The van der Waals surface area contributed by atoms with Crippen LogP contribution < -0.4 is 9.47 Å². The van der Waals surface area contributed by atoms with Crippen molar-refractivity contribution in [2.24, 2.45) is 0 Å². The van der Waals surface area contributed by atoms with Crippen LogP contribution in [0.3, 0.4) is 0 Å². The molecule has 130 valence electrons. The van der Waals surface area contributed by atoms with E-state index in [4.69, 9.17) is 14.0 Å². The average molecular weight is 331 g/mol. The first kappa shape index (κ1) is 16.8. The minimum absolute atomic E-state index is 0.101. The number of aromatic nitrogens is 2. The molecule has 0 fully saturated rings. The molecular weight excluding hydrogens is 306 g/mol. The lowest BCUT2D eigenvalue weighted by Gasteiger charge is -2.32. The van der Waals surface area contributed by atoms with Crippen molar-refractivity contribution in [3.05, 3.63) is 35.0 Å². The van der Waals surface area contributed by atoms with Crippen molar-refractivity contribution in [3.63, 3.8) is 0 Å². The third-order valence-corrected chi connectivity index (χ3v) is 4.61. The normalized spacial score (nSPS) is 15.8. The van der Waals surface area contributed by atoms with Crippen molar-refractivity contribution in [2.45, 2.75) is 45.7 Å². The summed E-state index contributed by atoms with van der Waals surface area (Å²) in [5, 5.41) is 4.07. The predicted octanol–water partition coefficient (Wildman–Crippen LogP) is 3.16. The molecule has 0 unspecified atom stereocenters. The second-order valence-corrected chi connectivity index (χ2v) is 6.17. The lowest BCUT2D eigenvalue weighted by molar-refractivity contribution is 0.157. The summed E-state index contributed by atoms with van der Waals surface area (Å²) in [7, 11) is 3.34. The summed E-state index contributed by atoms with van der Waals surface area (Å²) < 4.78 is 16.3. The highest BCUT2D eigenvalue weighted by Crippen LogP contribution is 2.35. The molecule has 0 bridgehead atoms. The molecule has 1 aliphatic heterocycles. The van der Waals surface area contributed by atoms with Gasteiger partial charge in [0.2, 0.25) is 5.89 Å². The largest absolute Gasteiger partial charge is 0.493 e. The van der Waals surface area contributed by atoms with Gasteiger partial charge in [0.1, 0.15) is 0 Å². The van der Waals surface area contributed by atoms with Crippen molar-refractivity contribution in [1.29, 1.82) is 0 Å². The Hall–Kier alpha value is -2.08. The van der Waals surface area contributed by atoms with Crippen molar-refractivity contribution < 1.29 is 14.0 Å². The summed E-state index contributed by atoms with van der Waals surface area (Å²) in [5.74, 6) is 3.05. The molecule has 0 amide bonds. The van der Waals surface area contributed by atoms with E-state index in [1.807, 2.05) is 0 Å². The number of fused-ring (bicyclic) bond motifs is 1. The zero-order chi connectivity index (χ0) is 17.1. The van der Waals surface area contributed by atoms with E-state index in [9.17, 15) is 0 Å². The van der Waals surface area contributed by atoms with Crippen LogP contribution in [0.25, 0.3) is 0 Å². The molecule has 1 atom stereocenters. The van der Waals surface area contributed by atoms with Crippen LogP contribution in [0.5, 0.6) is 11.5 Å². The molecule has 1 aliphatic rings. The van der Waals surface area contributed by atoms with E-state index in [1.165, 1.54) is 11.1 Å². The van der Waals surface area contributed by atoms with Gasteiger partial charge in [0.25, 0.3) is 0 Å². The minimum atomic E-state index is 0.101. The second kappa shape index (κ2) is 7.21. The third kappa shape index (κ3) is 3.24. The highest BCUT2D eigenvalue weighted by atomic mass is 16.5. The van der Waals surface area contributed by atoms with E-state index in [1.54, 1.807) is 14.2 Å². The number of aryl methyl sites for hydroxylation is 1. The molecule has 6 nitrogen and oxygen atoms in total. The van der Waals surface area contributed by atoms with Crippen LogP contribution in [0.2, 0.25) is 0 Å². The van der Waals surface area contributed by atoms with Gasteiger partial charge in [0.05, 0.1) is 20.3 Å². The molecule has 3 rings (SSSR count). The highest BCUT2D eigenvalue weighted by molar-refractivity contribution is 5.48. The van der Waals surface area contributed by atoms with E-state index in [0.29, 0.717) is 5.89 Å². The van der Waals surface area contributed by atoms with Gasteiger partial charge in [-0.1, -0.05) is 12.1 Å². The van der Waals surface area contributed by atoms with Crippen LogP contribution >= 0.6 is 0 Å². The Kier molecular flexibility index (Phi) is 5.04. The van der Waals surface area contributed by atoms with Gasteiger partial charge in [0.15, 0.2) is 17.3 Å². The number of methoxy groups -OCH3 is 2. The van der Waals surface area contributed by atoms with Crippen LogP contribution in [0.1, 0.15) is 49.2 Å². The molecule has 0 saturated carbocycles. The fraction of sp³-hybridized carbons (Fsp3) is 0.556. The Morgan fingerprint density at radius 2 is 1.92 bits per heavy atom. The van der Waals surface area contributed by atoms with Crippen LogP contribution in [0, 0.1) is 0 Å². The number of hydrogen-bond donors (Lipinski definition) is 0. The third-order valence-electron chi connectivity index (χ3n) is 4.61. The minimum Gasteiger partial charge on any atom is -0.493 e. The summed E-state index contributed by atoms with van der Waals surface area (Å²) in [5.41, 5.74) is 2.58. The summed E-state index contributed by atoms with van der Waals surface area (Å²) >= 11 is 0. The van der Waals surface area contributed by atoms with Crippen molar-refractivity contribution in [2.75, 3.05) is 20.8 Å². The zero-order valence-corrected chi connectivity index (χ0v) is 14.8. The molecule has 6 heteroatoms. The number of nitrogens with zero attached hydrogens (tertiary/aromatic N) is 3. The van der Waals surface area contributed by atoms with E-state index >= 15 is 0 Å². The molecule has 0 aliphatic carbocycles. The zero-order valence-electron chi connectivity index (χ0n) is 14.8. The summed E-state index contributed by atoms with van der Waals surface area (Å²) in [6.45, 7) is 6.02. The van der Waals surface area contributed by atoms with E-state index < -0.39 is 0 Å². The van der Waals surface area contributed by atoms with Gasteiger partial charge in [0, 0.05) is 19.5 Å². The van der Waals surface area contributed by atoms with Crippen LogP contribution in [-0.4, -0.2) is 35.8 Å². The molecule has 0 radical (unpaired) electrons. The SMILES string of the molecule is CCCc1noc([C@H](C)N2CCc3cc(OC)c(OC)cc3C2)n1. The van der Waals surface area contributed by atoms with Gasteiger partial charge < -0.3 is 14.0 Å². The topological polar surface area (TPSA) is 60.6 Å². The van der Waals surface area contributed by atoms with Gasteiger partial charge in [-0.25, -0.2) is 0 Å². The highest BCUT2D eigenvalue weighted by Gasteiger charge is 2.26. The summed E-state index contributed by atoms with van der Waals surface area (Å²) in [6, 6.07) is 4.26. The molecule has 2 aromatic rings. The molecule has 1 aromatic heterocycles. The first-order valence-electron chi connectivity index (χ1n) is 8.46. The molecule has 0 saturated heterocycles. The first-order valence-corrected chi connectivity index (χ1v) is 8.46. The number of ether oxygens (including phenoxy) is 2. The smallest absolute Gasteiger partial charge is 0.243 e. The van der Waals surface area contributed by atoms with Crippen molar-refractivity contribution >= 4 is 0 Å². The Bertz CT molecular complexity index is 699. The number of benzene rings is 1. The summed E-state index contributed by atoms with van der Waals surface area (Å²) in [4.78, 5) is 6.89. The van der Waals surface area contributed by atoms with Gasteiger partial charge in [-0.05, 0) is 43.0 Å². The van der Waals surface area contributed by atoms with Crippen LogP contribution in [-0.2, 0) is 19.4 Å². The monoisotopic (exact) mass is 331 g/mol. The predicted molar refractivity (Wildman–Crippen MR) is 90.4 cm³/mol. The van der Waals surface area contributed by atoms with Crippen molar-refractivity contribution in [3.8, 4) is 11.5 Å². The summed E-state index contributed by atoms with van der Waals surface area (Å²) in [6.07, 6.45) is 2.85. The maximum Gasteiger partial charge on any atom is 0.243 e. The molecule has 24 heavy (non-hydrogen) atoms. The number of hydrogen-bond acceptors (Lipinski definition) is 6. The van der Waals surface area contributed by atoms with Crippen LogP contribution in [0.15, 0.2) is 16.7 Å². The lowest BCUT2D eigenvalue weighted by atomic mass is 9.97. The Morgan fingerprint density at radius 3 is 2.58 bits per heavy atom. The standard InChI is InChI=1S/C18H25N3O3/c1-5-6-17-19-18(24-20-17)12(2)21-8-7-13-9-15(22-3)16(23-4)10-14(13)11-21/h9-10,12H,5-8,11H2,1-4H3/t12-/m0/s1. The first-order chi connectivity index (χ1) is 11.7. The Balaban J connectivity index is 1.78. The fourth-order valence-electron chi connectivity index (χ4n) is 3.15. The van der Waals surface area contributed by atoms with Gasteiger partial charge in [-0.15, -0.1) is 0 Å². The fourth-order valence-corrected chi connectivity index (χ4v) is 3.15.